The average molecular weight is 462 g/mol. The Kier molecular flexibility index (Phi) is 5.87. The Morgan fingerprint density at radius 2 is 1.88 bits per heavy atom. The number of hydrogen-bond acceptors (Lipinski definition) is 5. The molecule has 33 heavy (non-hydrogen) atoms. The lowest BCUT2D eigenvalue weighted by molar-refractivity contribution is -0.159. The van der Waals surface area contributed by atoms with Gasteiger partial charge in [-0.15, -0.1) is 0 Å². The summed E-state index contributed by atoms with van der Waals surface area (Å²) in [5.74, 6) is -1.69. The van der Waals surface area contributed by atoms with Gasteiger partial charge in [0, 0.05) is 26.5 Å². The van der Waals surface area contributed by atoms with Crippen LogP contribution in [0.4, 0.5) is 18.9 Å². The summed E-state index contributed by atoms with van der Waals surface area (Å²) >= 11 is 0. The van der Waals surface area contributed by atoms with E-state index in [1.54, 1.807) is 24.3 Å². The highest BCUT2D eigenvalue weighted by molar-refractivity contribution is 6.15. The second-order valence-electron chi connectivity index (χ2n) is 7.79. The maximum atomic E-state index is 13.5. The Hall–Kier alpha value is -3.40. The molecule has 2 heterocycles. The highest BCUT2D eigenvalue weighted by atomic mass is 19.4. The predicted octanol–water partition coefficient (Wildman–Crippen LogP) is 3.37. The van der Waals surface area contributed by atoms with Crippen LogP contribution in [0.25, 0.3) is 0 Å². The van der Waals surface area contributed by atoms with E-state index in [0.29, 0.717) is 5.69 Å². The van der Waals surface area contributed by atoms with Crippen molar-refractivity contribution in [2.45, 2.75) is 31.3 Å². The zero-order chi connectivity index (χ0) is 23.8. The van der Waals surface area contributed by atoms with Gasteiger partial charge in [-0.3, -0.25) is 14.5 Å². The van der Waals surface area contributed by atoms with E-state index in [1.807, 2.05) is 0 Å². The lowest BCUT2D eigenvalue weighted by atomic mass is 9.96. The van der Waals surface area contributed by atoms with E-state index in [9.17, 15) is 27.6 Å². The normalized spacial score (nSPS) is 20.0. The molecule has 1 fully saturated rings. The van der Waals surface area contributed by atoms with E-state index in [4.69, 9.17) is 9.47 Å². The molecule has 2 aromatic carbocycles. The van der Waals surface area contributed by atoms with Crippen molar-refractivity contribution in [2.24, 2.45) is 0 Å². The first kappa shape index (κ1) is 22.8. The molecule has 174 valence electrons. The van der Waals surface area contributed by atoms with Crippen LogP contribution in [0.1, 0.15) is 34.3 Å². The van der Waals surface area contributed by atoms with Gasteiger partial charge in [-0.05, 0) is 29.8 Å². The Labute approximate surface area is 187 Å². The van der Waals surface area contributed by atoms with Gasteiger partial charge >= 0.3 is 12.1 Å². The second kappa shape index (κ2) is 8.51. The van der Waals surface area contributed by atoms with Crippen LogP contribution in [0.15, 0.2) is 48.5 Å². The summed E-state index contributed by atoms with van der Waals surface area (Å²) in [6, 6.07) is 10.9. The number of amides is 2. The van der Waals surface area contributed by atoms with Gasteiger partial charge in [0.05, 0.1) is 23.4 Å². The summed E-state index contributed by atoms with van der Waals surface area (Å²) in [6.07, 6.45) is -4.54. The minimum Gasteiger partial charge on any atom is -0.458 e. The SMILES string of the molecule is COCCN1C(=O)c2ccccc2N2C(=O)CCC12C(=O)OCc1cccc(C(F)(F)F)c1. The molecule has 7 nitrogen and oxygen atoms in total. The Bertz CT molecular complexity index is 1100. The third kappa shape index (κ3) is 3.84. The fourth-order valence-corrected chi connectivity index (χ4v) is 4.34. The number of rotatable bonds is 6. The van der Waals surface area contributed by atoms with Gasteiger partial charge in [0.25, 0.3) is 5.91 Å². The summed E-state index contributed by atoms with van der Waals surface area (Å²) < 4.78 is 49.6. The summed E-state index contributed by atoms with van der Waals surface area (Å²) in [7, 11) is 1.44. The summed E-state index contributed by atoms with van der Waals surface area (Å²) in [5.41, 5.74) is -1.89. The smallest absolute Gasteiger partial charge is 0.416 e. The van der Waals surface area contributed by atoms with Crippen LogP contribution >= 0.6 is 0 Å². The molecule has 0 N–H and O–H groups in total. The van der Waals surface area contributed by atoms with Gasteiger partial charge in [0.2, 0.25) is 11.6 Å². The summed E-state index contributed by atoms with van der Waals surface area (Å²) in [4.78, 5) is 42.2. The number of nitrogens with zero attached hydrogens (tertiary/aromatic N) is 2. The number of hydrogen-bond donors (Lipinski definition) is 0. The topological polar surface area (TPSA) is 76.2 Å². The molecule has 2 aliphatic rings. The molecule has 4 rings (SSSR count). The van der Waals surface area contributed by atoms with Crippen molar-refractivity contribution in [3.05, 3.63) is 65.2 Å². The van der Waals surface area contributed by atoms with E-state index < -0.39 is 35.9 Å². The first-order chi connectivity index (χ1) is 15.7. The molecule has 1 unspecified atom stereocenters. The molecular weight excluding hydrogens is 441 g/mol. The van der Waals surface area contributed by atoms with Crippen LogP contribution in [0.2, 0.25) is 0 Å². The number of alkyl halides is 3. The maximum Gasteiger partial charge on any atom is 0.416 e. The number of carbonyl (C=O) groups excluding carboxylic acids is 3. The molecular formula is C23H21F3N2O5. The standard InChI is InChI=1S/C23H21F3N2O5/c1-32-12-11-27-20(30)17-7-2-3-8-18(17)28-19(29)9-10-22(27,28)21(31)33-14-15-5-4-6-16(13-15)23(24,25)26/h2-8,13H,9-12,14H2,1H3. The minimum absolute atomic E-state index is 0.00293. The van der Waals surface area contributed by atoms with Gasteiger partial charge in [-0.2, -0.15) is 13.2 Å². The number of ether oxygens (including phenoxy) is 2. The van der Waals surface area contributed by atoms with Crippen molar-refractivity contribution in [2.75, 3.05) is 25.2 Å². The predicted molar refractivity (Wildman–Crippen MR) is 110 cm³/mol. The molecule has 0 bridgehead atoms. The molecule has 2 aromatic rings. The van der Waals surface area contributed by atoms with Gasteiger partial charge in [-0.1, -0.05) is 24.3 Å². The van der Waals surface area contributed by atoms with Crippen molar-refractivity contribution in [1.82, 2.24) is 4.90 Å². The Morgan fingerprint density at radius 1 is 1.12 bits per heavy atom. The largest absolute Gasteiger partial charge is 0.458 e. The van der Waals surface area contributed by atoms with Gasteiger partial charge < -0.3 is 14.4 Å². The molecule has 0 saturated carbocycles. The van der Waals surface area contributed by atoms with Crippen molar-refractivity contribution >= 4 is 23.5 Å². The Balaban J connectivity index is 1.69. The number of halogens is 3. The first-order valence-corrected chi connectivity index (χ1v) is 10.3. The van der Waals surface area contributed by atoms with Crippen molar-refractivity contribution in [3.63, 3.8) is 0 Å². The molecule has 2 amide bonds. The minimum atomic E-state index is -4.54. The molecule has 0 spiro atoms. The number of esters is 1. The zero-order valence-corrected chi connectivity index (χ0v) is 17.7. The molecule has 1 saturated heterocycles. The summed E-state index contributed by atoms with van der Waals surface area (Å²) in [5, 5.41) is 0. The van der Waals surface area contributed by atoms with Crippen molar-refractivity contribution < 1.29 is 37.0 Å². The van der Waals surface area contributed by atoms with E-state index >= 15 is 0 Å². The molecule has 0 aromatic heterocycles. The van der Waals surface area contributed by atoms with Crippen LogP contribution in [0.3, 0.4) is 0 Å². The molecule has 2 aliphatic heterocycles. The summed E-state index contributed by atoms with van der Waals surface area (Å²) in [6.45, 7) is -0.314. The molecule has 0 radical (unpaired) electrons. The third-order valence-corrected chi connectivity index (χ3v) is 5.84. The maximum absolute atomic E-state index is 13.5. The monoisotopic (exact) mass is 462 g/mol. The number of para-hydroxylation sites is 1. The number of carbonyl (C=O) groups is 3. The van der Waals surface area contributed by atoms with Gasteiger partial charge in [-0.25, -0.2) is 4.79 Å². The van der Waals surface area contributed by atoms with E-state index in [1.165, 1.54) is 29.0 Å². The zero-order valence-electron chi connectivity index (χ0n) is 17.7. The molecule has 0 aliphatic carbocycles. The highest BCUT2D eigenvalue weighted by Gasteiger charge is 2.61. The average Bonchev–Trinajstić information content (AvgIpc) is 3.15. The molecule has 10 heteroatoms. The second-order valence-corrected chi connectivity index (χ2v) is 7.79. The van der Waals surface area contributed by atoms with Crippen molar-refractivity contribution in [3.8, 4) is 0 Å². The first-order valence-electron chi connectivity index (χ1n) is 10.3. The van der Waals surface area contributed by atoms with E-state index in [0.717, 1.165) is 12.1 Å². The van der Waals surface area contributed by atoms with Crippen LogP contribution < -0.4 is 4.90 Å². The highest BCUT2D eigenvalue weighted by Crippen LogP contribution is 2.45. The van der Waals surface area contributed by atoms with Crippen LogP contribution in [0, 0.1) is 0 Å². The van der Waals surface area contributed by atoms with Crippen molar-refractivity contribution in [1.29, 1.82) is 0 Å². The lowest BCUT2D eigenvalue weighted by Gasteiger charge is -2.48. The molecule has 1 atom stereocenters. The van der Waals surface area contributed by atoms with Crippen LogP contribution in [-0.2, 0) is 31.8 Å². The van der Waals surface area contributed by atoms with E-state index in [-0.39, 0.29) is 43.0 Å². The van der Waals surface area contributed by atoms with Crippen LogP contribution in [-0.4, -0.2) is 48.6 Å². The van der Waals surface area contributed by atoms with E-state index in [2.05, 4.69) is 0 Å². The number of anilines is 1. The fraction of sp³-hybridized carbons (Fsp3) is 0.348. The number of fused-ring (bicyclic) bond motifs is 3. The Morgan fingerprint density at radius 3 is 2.61 bits per heavy atom. The number of benzene rings is 2. The number of methoxy groups -OCH3 is 1. The third-order valence-electron chi connectivity index (χ3n) is 5.84. The fourth-order valence-electron chi connectivity index (χ4n) is 4.34. The van der Waals surface area contributed by atoms with Gasteiger partial charge in [0.1, 0.15) is 6.61 Å². The quantitative estimate of drug-likeness (QED) is 0.616. The lowest BCUT2D eigenvalue weighted by Crippen LogP contribution is -2.68. The van der Waals surface area contributed by atoms with Gasteiger partial charge in [0.15, 0.2) is 0 Å². The van der Waals surface area contributed by atoms with Crippen LogP contribution in [0.5, 0.6) is 0 Å².